The smallest absolute Gasteiger partial charge is 0.220 e. The second-order valence-corrected chi connectivity index (χ2v) is 2.51. The quantitative estimate of drug-likeness (QED) is 0.682. The van der Waals surface area contributed by atoms with Crippen LogP contribution in [0.3, 0.4) is 0 Å². The predicted octanol–water partition coefficient (Wildman–Crippen LogP) is -0.159. The van der Waals surface area contributed by atoms with Gasteiger partial charge in [-0.05, 0) is 0 Å². The molecule has 1 aromatic rings. The van der Waals surface area contributed by atoms with E-state index in [0.717, 1.165) is 5.69 Å². The first kappa shape index (κ1) is 8.70. The number of aryl methyl sites for hydroxylation is 1. The molecule has 1 aromatic heterocycles. The van der Waals surface area contributed by atoms with Crippen LogP contribution in [-0.4, -0.2) is 20.9 Å². The van der Waals surface area contributed by atoms with Crippen LogP contribution in [0.2, 0.25) is 0 Å². The molecule has 0 atom stereocenters. The first-order valence-corrected chi connectivity index (χ1v) is 3.84. The fourth-order valence-corrected chi connectivity index (χ4v) is 0.790. The molecule has 0 unspecified atom stereocenters. The van der Waals surface area contributed by atoms with Crippen LogP contribution in [0.5, 0.6) is 0 Å². The van der Waals surface area contributed by atoms with E-state index in [-0.39, 0.29) is 5.91 Å². The van der Waals surface area contributed by atoms with E-state index in [1.807, 2.05) is 6.92 Å². The zero-order valence-corrected chi connectivity index (χ0v) is 7.24. The molecule has 66 valence electrons. The second-order valence-electron chi connectivity index (χ2n) is 2.51. The number of hydrogen-bond acceptors (Lipinski definition) is 3. The van der Waals surface area contributed by atoms with Gasteiger partial charge < -0.3 is 5.32 Å². The molecule has 0 saturated carbocycles. The van der Waals surface area contributed by atoms with Crippen LogP contribution in [0.25, 0.3) is 0 Å². The standard InChI is InChI=1S/C7H12N4O/c1-3-7(12)8-4-6-5-11(2)10-9-6/h5H,3-4H2,1-2H3,(H,8,12). The van der Waals surface area contributed by atoms with E-state index in [1.54, 1.807) is 17.9 Å². The van der Waals surface area contributed by atoms with Crippen molar-refractivity contribution in [3.8, 4) is 0 Å². The zero-order valence-electron chi connectivity index (χ0n) is 7.24. The molecule has 0 aliphatic carbocycles. The first-order valence-electron chi connectivity index (χ1n) is 3.84. The van der Waals surface area contributed by atoms with Crippen molar-refractivity contribution < 1.29 is 4.79 Å². The lowest BCUT2D eigenvalue weighted by molar-refractivity contribution is -0.120. The lowest BCUT2D eigenvalue weighted by Gasteiger charge is -1.97. The van der Waals surface area contributed by atoms with Gasteiger partial charge in [0.15, 0.2) is 0 Å². The summed E-state index contributed by atoms with van der Waals surface area (Å²) in [5, 5.41) is 10.3. The van der Waals surface area contributed by atoms with E-state index in [9.17, 15) is 4.79 Å². The number of rotatable bonds is 3. The van der Waals surface area contributed by atoms with Gasteiger partial charge in [-0.2, -0.15) is 0 Å². The third-order valence-corrected chi connectivity index (χ3v) is 1.44. The molecule has 0 aromatic carbocycles. The summed E-state index contributed by atoms with van der Waals surface area (Å²) in [5.74, 6) is 0.0284. The van der Waals surface area contributed by atoms with Gasteiger partial charge in [-0.1, -0.05) is 12.1 Å². The highest BCUT2D eigenvalue weighted by molar-refractivity contribution is 5.75. The van der Waals surface area contributed by atoms with Gasteiger partial charge in [0, 0.05) is 19.7 Å². The third-order valence-electron chi connectivity index (χ3n) is 1.44. The Hall–Kier alpha value is -1.39. The molecule has 12 heavy (non-hydrogen) atoms. The highest BCUT2D eigenvalue weighted by Gasteiger charge is 1.99. The molecule has 0 bridgehead atoms. The van der Waals surface area contributed by atoms with Crippen molar-refractivity contribution in [2.75, 3.05) is 0 Å². The number of aromatic nitrogens is 3. The van der Waals surface area contributed by atoms with Gasteiger partial charge in [0.1, 0.15) is 5.69 Å². The van der Waals surface area contributed by atoms with Crippen LogP contribution in [-0.2, 0) is 18.4 Å². The molecule has 1 N–H and O–H groups in total. The number of carbonyl (C=O) groups excluding carboxylic acids is 1. The minimum absolute atomic E-state index is 0.0284. The van der Waals surface area contributed by atoms with Crippen LogP contribution >= 0.6 is 0 Å². The van der Waals surface area contributed by atoms with Crippen LogP contribution in [0.15, 0.2) is 6.20 Å². The van der Waals surface area contributed by atoms with Crippen LogP contribution in [0, 0.1) is 0 Å². The average molecular weight is 168 g/mol. The summed E-state index contributed by atoms with van der Waals surface area (Å²) < 4.78 is 1.60. The number of hydrogen-bond donors (Lipinski definition) is 1. The minimum Gasteiger partial charge on any atom is -0.350 e. The minimum atomic E-state index is 0.0284. The molecule has 1 heterocycles. The highest BCUT2D eigenvalue weighted by Crippen LogP contribution is 1.89. The summed E-state index contributed by atoms with van der Waals surface area (Å²) in [7, 11) is 1.79. The van der Waals surface area contributed by atoms with Crippen molar-refractivity contribution in [2.24, 2.45) is 7.05 Å². The molecule has 0 spiro atoms. The molecule has 0 saturated heterocycles. The molecule has 0 aliphatic rings. The summed E-state index contributed by atoms with van der Waals surface area (Å²) in [5.41, 5.74) is 0.777. The van der Waals surface area contributed by atoms with Crippen LogP contribution in [0.1, 0.15) is 19.0 Å². The molecule has 1 rings (SSSR count). The van der Waals surface area contributed by atoms with E-state index >= 15 is 0 Å². The lowest BCUT2D eigenvalue weighted by Crippen LogP contribution is -2.21. The molecular formula is C7H12N4O. The largest absolute Gasteiger partial charge is 0.350 e. The molecule has 5 nitrogen and oxygen atoms in total. The fourth-order valence-electron chi connectivity index (χ4n) is 0.790. The summed E-state index contributed by atoms with van der Waals surface area (Å²) in [6.45, 7) is 2.27. The summed E-state index contributed by atoms with van der Waals surface area (Å²) in [6.07, 6.45) is 2.27. The van der Waals surface area contributed by atoms with Gasteiger partial charge >= 0.3 is 0 Å². The lowest BCUT2D eigenvalue weighted by atomic mass is 10.4. The monoisotopic (exact) mass is 168 g/mol. The normalized spacial score (nSPS) is 9.83. The maximum absolute atomic E-state index is 10.8. The highest BCUT2D eigenvalue weighted by atomic mass is 16.1. The topological polar surface area (TPSA) is 59.8 Å². The summed E-state index contributed by atoms with van der Waals surface area (Å²) in [4.78, 5) is 10.8. The summed E-state index contributed by atoms with van der Waals surface area (Å²) >= 11 is 0. The van der Waals surface area contributed by atoms with Crippen molar-refractivity contribution in [2.45, 2.75) is 19.9 Å². The molecule has 0 aliphatic heterocycles. The van der Waals surface area contributed by atoms with E-state index in [2.05, 4.69) is 15.6 Å². The Morgan fingerprint density at radius 3 is 3.00 bits per heavy atom. The van der Waals surface area contributed by atoms with Gasteiger partial charge in [-0.3, -0.25) is 9.48 Å². The Bertz CT molecular complexity index is 268. The second kappa shape index (κ2) is 3.85. The van der Waals surface area contributed by atoms with E-state index in [1.165, 1.54) is 0 Å². The molecular weight excluding hydrogens is 156 g/mol. The van der Waals surface area contributed by atoms with Crippen molar-refractivity contribution in [1.29, 1.82) is 0 Å². The number of carbonyl (C=O) groups is 1. The summed E-state index contributed by atoms with van der Waals surface area (Å²) in [6, 6.07) is 0. The van der Waals surface area contributed by atoms with Crippen molar-refractivity contribution in [3.63, 3.8) is 0 Å². The molecule has 1 amide bonds. The Balaban J connectivity index is 2.38. The van der Waals surface area contributed by atoms with Crippen LogP contribution < -0.4 is 5.32 Å². The predicted molar refractivity (Wildman–Crippen MR) is 43.1 cm³/mol. The van der Waals surface area contributed by atoms with Gasteiger partial charge in [-0.25, -0.2) is 0 Å². The number of nitrogens with one attached hydrogen (secondary N) is 1. The van der Waals surface area contributed by atoms with Crippen LogP contribution in [0.4, 0.5) is 0 Å². The van der Waals surface area contributed by atoms with Crippen molar-refractivity contribution in [3.05, 3.63) is 11.9 Å². The maximum atomic E-state index is 10.8. The Morgan fingerprint density at radius 1 is 1.75 bits per heavy atom. The number of amides is 1. The van der Waals surface area contributed by atoms with Gasteiger partial charge in [-0.15, -0.1) is 5.10 Å². The van der Waals surface area contributed by atoms with E-state index in [0.29, 0.717) is 13.0 Å². The van der Waals surface area contributed by atoms with Crippen molar-refractivity contribution >= 4 is 5.91 Å². The Kier molecular flexibility index (Phi) is 2.79. The maximum Gasteiger partial charge on any atom is 0.220 e. The Morgan fingerprint density at radius 2 is 2.50 bits per heavy atom. The van der Waals surface area contributed by atoms with Gasteiger partial charge in [0.2, 0.25) is 5.91 Å². The van der Waals surface area contributed by atoms with E-state index in [4.69, 9.17) is 0 Å². The zero-order chi connectivity index (χ0) is 8.97. The SMILES string of the molecule is CCC(=O)NCc1cn(C)nn1. The molecule has 0 radical (unpaired) electrons. The van der Waals surface area contributed by atoms with Gasteiger partial charge in [0.25, 0.3) is 0 Å². The Labute approximate surface area is 70.8 Å². The molecule has 0 fully saturated rings. The molecule has 5 heteroatoms. The third kappa shape index (κ3) is 2.34. The fraction of sp³-hybridized carbons (Fsp3) is 0.571. The first-order chi connectivity index (χ1) is 5.72. The average Bonchev–Trinajstić information content (AvgIpc) is 2.47. The number of nitrogens with zero attached hydrogens (tertiary/aromatic N) is 3. The van der Waals surface area contributed by atoms with Crippen molar-refractivity contribution in [1.82, 2.24) is 20.3 Å². The van der Waals surface area contributed by atoms with E-state index < -0.39 is 0 Å². The van der Waals surface area contributed by atoms with Gasteiger partial charge in [0.05, 0.1) is 6.54 Å².